The van der Waals surface area contributed by atoms with Gasteiger partial charge >= 0.3 is 0 Å². The number of nitrogens with two attached hydrogens (primary N) is 1. The summed E-state index contributed by atoms with van der Waals surface area (Å²) in [7, 11) is 0. The molecular weight excluding hydrogens is 476 g/mol. The van der Waals surface area contributed by atoms with Crippen LogP contribution < -0.4 is 16.0 Å². The standard InChI is InChI=1S/C29H34N8O/c1-19(2)23-17-32-37-26(23)34-28(36-13-11-29(30,18-38)12-14-36)35-27(37)31-16-21-8-3-5-9-22(21)25-15-20-7-4-6-10-24(20)33-25/h3-10,15,17,19,33,38H,11-14,16,18,30H2,1-2H3,(H,31,34,35). The number of hydrogen-bond donors (Lipinski definition) is 4. The van der Waals surface area contributed by atoms with E-state index in [1.54, 1.807) is 4.52 Å². The molecule has 5 N–H and O–H groups in total. The molecule has 0 amide bonds. The lowest BCUT2D eigenvalue weighted by Crippen LogP contribution is -2.53. The quantitative estimate of drug-likeness (QED) is 0.258. The normalized spacial score (nSPS) is 15.6. The largest absolute Gasteiger partial charge is 0.394 e. The average Bonchev–Trinajstić information content (AvgIpc) is 3.57. The number of H-pyrrole nitrogens is 1. The van der Waals surface area contributed by atoms with Crippen molar-refractivity contribution >= 4 is 28.4 Å². The molecule has 0 atom stereocenters. The molecule has 3 aromatic heterocycles. The Balaban J connectivity index is 1.33. The first-order chi connectivity index (χ1) is 18.4. The Hall–Kier alpha value is -3.95. The maximum Gasteiger partial charge on any atom is 0.230 e. The summed E-state index contributed by atoms with van der Waals surface area (Å²) in [5.74, 6) is 1.58. The zero-order valence-corrected chi connectivity index (χ0v) is 21.9. The summed E-state index contributed by atoms with van der Waals surface area (Å²) in [6.45, 7) is 6.25. The van der Waals surface area contributed by atoms with Crippen molar-refractivity contribution in [2.24, 2.45) is 5.73 Å². The minimum Gasteiger partial charge on any atom is -0.394 e. The number of aromatic nitrogens is 5. The van der Waals surface area contributed by atoms with Gasteiger partial charge in [-0.3, -0.25) is 0 Å². The molecule has 5 aromatic rings. The smallest absolute Gasteiger partial charge is 0.230 e. The Labute approximate surface area is 221 Å². The van der Waals surface area contributed by atoms with E-state index in [2.05, 4.69) is 82.7 Å². The average molecular weight is 511 g/mol. The molecule has 9 heteroatoms. The molecule has 2 aromatic carbocycles. The molecule has 1 saturated heterocycles. The van der Waals surface area contributed by atoms with Crippen LogP contribution in [0.3, 0.4) is 0 Å². The van der Waals surface area contributed by atoms with Gasteiger partial charge in [0.15, 0.2) is 5.65 Å². The Bertz CT molecular complexity index is 1550. The van der Waals surface area contributed by atoms with Crippen LogP contribution in [0.2, 0.25) is 0 Å². The third-order valence-corrected chi connectivity index (χ3v) is 7.64. The number of nitrogens with zero attached hydrogens (tertiary/aromatic N) is 5. The van der Waals surface area contributed by atoms with Crippen molar-refractivity contribution in [2.75, 3.05) is 29.9 Å². The van der Waals surface area contributed by atoms with Crippen LogP contribution in [0, 0.1) is 0 Å². The molecule has 0 aliphatic carbocycles. The molecule has 9 nitrogen and oxygen atoms in total. The molecule has 1 aliphatic rings. The Morgan fingerprint density at radius 2 is 1.84 bits per heavy atom. The van der Waals surface area contributed by atoms with Crippen LogP contribution in [-0.2, 0) is 6.54 Å². The topological polar surface area (TPSA) is 120 Å². The highest BCUT2D eigenvalue weighted by molar-refractivity contribution is 5.86. The molecule has 1 fully saturated rings. The van der Waals surface area contributed by atoms with Crippen molar-refractivity contribution in [3.05, 3.63) is 71.9 Å². The maximum absolute atomic E-state index is 9.69. The number of aromatic amines is 1. The van der Waals surface area contributed by atoms with Crippen molar-refractivity contribution in [3.8, 4) is 11.3 Å². The maximum atomic E-state index is 9.69. The summed E-state index contributed by atoms with van der Waals surface area (Å²) in [5, 5.41) is 19.1. The first kappa shape index (κ1) is 24.4. The van der Waals surface area contributed by atoms with Gasteiger partial charge in [-0.15, -0.1) is 0 Å². The summed E-state index contributed by atoms with van der Waals surface area (Å²) in [6, 6.07) is 18.9. The van der Waals surface area contributed by atoms with Gasteiger partial charge in [-0.2, -0.15) is 19.6 Å². The van der Waals surface area contributed by atoms with Gasteiger partial charge in [-0.1, -0.05) is 56.3 Å². The summed E-state index contributed by atoms with van der Waals surface area (Å²) < 4.78 is 1.80. The van der Waals surface area contributed by atoms with E-state index in [1.807, 2.05) is 12.3 Å². The van der Waals surface area contributed by atoms with Crippen LogP contribution in [0.1, 0.15) is 43.7 Å². The third-order valence-electron chi connectivity index (χ3n) is 7.64. The number of benzene rings is 2. The van der Waals surface area contributed by atoms with Gasteiger partial charge in [0, 0.05) is 52.9 Å². The van der Waals surface area contributed by atoms with E-state index in [4.69, 9.17) is 15.7 Å². The number of nitrogens with one attached hydrogen (secondary N) is 2. The number of aliphatic hydroxyl groups excluding tert-OH is 1. The van der Waals surface area contributed by atoms with Gasteiger partial charge in [-0.25, -0.2) is 0 Å². The zero-order chi connectivity index (χ0) is 26.3. The minimum atomic E-state index is -0.534. The zero-order valence-electron chi connectivity index (χ0n) is 21.9. The van der Waals surface area contributed by atoms with Crippen molar-refractivity contribution < 1.29 is 5.11 Å². The van der Waals surface area contributed by atoms with E-state index in [0.29, 0.717) is 44.4 Å². The molecule has 0 bridgehead atoms. The van der Waals surface area contributed by atoms with Crippen molar-refractivity contribution in [1.29, 1.82) is 0 Å². The van der Waals surface area contributed by atoms with E-state index < -0.39 is 5.54 Å². The summed E-state index contributed by atoms with van der Waals surface area (Å²) in [4.78, 5) is 15.5. The first-order valence-electron chi connectivity index (χ1n) is 13.2. The molecule has 0 unspecified atom stereocenters. The second-order valence-corrected chi connectivity index (χ2v) is 10.6. The highest BCUT2D eigenvalue weighted by Gasteiger charge is 2.31. The minimum absolute atomic E-state index is 0.0105. The molecule has 0 saturated carbocycles. The highest BCUT2D eigenvalue weighted by Crippen LogP contribution is 2.29. The van der Waals surface area contributed by atoms with Crippen LogP contribution in [-0.4, -0.2) is 54.9 Å². The lowest BCUT2D eigenvalue weighted by Gasteiger charge is -2.38. The molecular formula is C29H34N8O. The Morgan fingerprint density at radius 1 is 1.08 bits per heavy atom. The van der Waals surface area contributed by atoms with Gasteiger partial charge < -0.3 is 26.0 Å². The van der Waals surface area contributed by atoms with Crippen molar-refractivity contribution in [3.63, 3.8) is 0 Å². The van der Waals surface area contributed by atoms with E-state index in [-0.39, 0.29) is 12.5 Å². The van der Waals surface area contributed by atoms with Crippen LogP contribution in [0.4, 0.5) is 11.9 Å². The second kappa shape index (κ2) is 9.74. The fraction of sp³-hybridized carbons (Fsp3) is 0.345. The second-order valence-electron chi connectivity index (χ2n) is 10.6. The molecule has 0 radical (unpaired) electrons. The number of rotatable bonds is 7. The number of fused-ring (bicyclic) bond motifs is 2. The predicted molar refractivity (Wildman–Crippen MR) is 151 cm³/mol. The number of para-hydroxylation sites is 1. The van der Waals surface area contributed by atoms with E-state index in [9.17, 15) is 5.11 Å². The van der Waals surface area contributed by atoms with Gasteiger partial charge in [-0.05, 0) is 36.5 Å². The fourth-order valence-corrected chi connectivity index (χ4v) is 5.19. The molecule has 6 rings (SSSR count). The van der Waals surface area contributed by atoms with Gasteiger partial charge in [0.05, 0.1) is 12.8 Å². The summed E-state index contributed by atoms with van der Waals surface area (Å²) in [5.41, 5.74) is 12.2. The fourth-order valence-electron chi connectivity index (χ4n) is 5.19. The van der Waals surface area contributed by atoms with Gasteiger partial charge in [0.25, 0.3) is 0 Å². The van der Waals surface area contributed by atoms with Crippen molar-refractivity contribution in [2.45, 2.75) is 44.7 Å². The summed E-state index contributed by atoms with van der Waals surface area (Å²) >= 11 is 0. The SMILES string of the molecule is CC(C)c1cnn2c(NCc3ccccc3-c3cc4ccccc4[nH]3)nc(N3CCC(N)(CO)CC3)nc12. The molecule has 38 heavy (non-hydrogen) atoms. The Morgan fingerprint density at radius 3 is 2.61 bits per heavy atom. The highest BCUT2D eigenvalue weighted by atomic mass is 16.3. The molecule has 0 spiro atoms. The van der Waals surface area contributed by atoms with Gasteiger partial charge in [0.1, 0.15) is 0 Å². The van der Waals surface area contributed by atoms with E-state index >= 15 is 0 Å². The lowest BCUT2D eigenvalue weighted by molar-refractivity contribution is 0.169. The molecule has 1 aliphatic heterocycles. The number of aliphatic hydroxyl groups is 1. The monoisotopic (exact) mass is 510 g/mol. The van der Waals surface area contributed by atoms with Crippen molar-refractivity contribution in [1.82, 2.24) is 24.6 Å². The third kappa shape index (κ3) is 4.48. The van der Waals surface area contributed by atoms with Crippen LogP contribution >= 0.6 is 0 Å². The Kier molecular flexibility index (Phi) is 6.25. The van der Waals surface area contributed by atoms with E-state index in [1.165, 1.54) is 5.39 Å². The van der Waals surface area contributed by atoms with Crippen LogP contribution in [0.15, 0.2) is 60.8 Å². The van der Waals surface area contributed by atoms with E-state index in [0.717, 1.165) is 33.5 Å². The lowest BCUT2D eigenvalue weighted by atomic mass is 9.90. The number of anilines is 2. The van der Waals surface area contributed by atoms with Gasteiger partial charge in [0.2, 0.25) is 11.9 Å². The molecule has 4 heterocycles. The number of hydrogen-bond acceptors (Lipinski definition) is 7. The first-order valence-corrected chi connectivity index (χ1v) is 13.2. The predicted octanol–water partition coefficient (Wildman–Crippen LogP) is 4.30. The number of piperidine rings is 1. The van der Waals surface area contributed by atoms with Crippen LogP contribution in [0.5, 0.6) is 0 Å². The van der Waals surface area contributed by atoms with Crippen LogP contribution in [0.25, 0.3) is 27.8 Å². The molecule has 196 valence electrons. The summed E-state index contributed by atoms with van der Waals surface area (Å²) in [6.07, 6.45) is 3.26.